The van der Waals surface area contributed by atoms with E-state index < -0.39 is 67.4 Å². The molecule has 0 unspecified atom stereocenters. The van der Waals surface area contributed by atoms with Gasteiger partial charge in [-0.2, -0.15) is 0 Å². The standard InChI is InChI=1S/C56H60O12/c1-40(57)59-38-48-50(61-33-42-22-10-3-11-23-42)52(63-35-44-26-14-5-15-27-44)54(65-37-46-30-18-7-19-31-46)56(68-48)66-39-47-49(60-32-41-20-8-2-9-21-41)51(62-34-43-24-12-4-13-25-43)53(55(58)67-47)64-36-45-28-16-6-17-29-45/h2-31,47-56,58H,32-39H2,1H3/t47-,48-,49-,50-,51+,52+,53+,54+,55-,56+/m1/s1. The van der Waals surface area contributed by atoms with E-state index >= 15 is 0 Å². The van der Waals surface area contributed by atoms with Crippen molar-refractivity contribution in [3.63, 3.8) is 0 Å². The number of esters is 1. The maximum atomic E-state index is 12.4. The molecule has 0 radical (unpaired) electrons. The molecule has 12 nitrogen and oxygen atoms in total. The average Bonchev–Trinajstić information content (AvgIpc) is 3.38. The first-order valence-electron chi connectivity index (χ1n) is 23.1. The molecule has 68 heavy (non-hydrogen) atoms. The monoisotopic (exact) mass is 924 g/mol. The molecule has 0 spiro atoms. The van der Waals surface area contributed by atoms with Gasteiger partial charge in [0.25, 0.3) is 0 Å². The molecule has 2 aliphatic rings. The van der Waals surface area contributed by atoms with Gasteiger partial charge in [0.2, 0.25) is 0 Å². The molecule has 0 aliphatic carbocycles. The minimum atomic E-state index is -1.43. The Labute approximate surface area is 398 Å². The molecule has 0 aromatic heterocycles. The first-order chi connectivity index (χ1) is 33.5. The third kappa shape index (κ3) is 14.2. The molecule has 2 aliphatic heterocycles. The Morgan fingerprint density at radius 3 is 1.03 bits per heavy atom. The molecule has 8 rings (SSSR count). The SMILES string of the molecule is CC(=O)OC[C@H]1O[C@H](OC[C@H]2O[C@@H](O)[C@@H](OCc3ccccc3)[C@@H](OCc3ccccc3)[C@@H]2OCc2ccccc2)[C@@H](OCc2ccccc2)[C@@H](OCc2ccccc2)[C@@H]1OCc1ccccc1. The van der Waals surface area contributed by atoms with E-state index in [1.165, 1.54) is 6.92 Å². The highest BCUT2D eigenvalue weighted by Crippen LogP contribution is 2.34. The smallest absolute Gasteiger partial charge is 0.302 e. The van der Waals surface area contributed by atoms with Gasteiger partial charge >= 0.3 is 5.97 Å². The summed E-state index contributed by atoms with van der Waals surface area (Å²) in [4.78, 5) is 12.4. The Bertz CT molecular complexity index is 2330. The second-order valence-electron chi connectivity index (χ2n) is 16.8. The Hall–Kier alpha value is -5.61. The quantitative estimate of drug-likeness (QED) is 0.0619. The van der Waals surface area contributed by atoms with Gasteiger partial charge in [-0.15, -0.1) is 0 Å². The molecule has 0 bridgehead atoms. The number of aliphatic hydroxyl groups excluding tert-OH is 1. The van der Waals surface area contributed by atoms with E-state index in [0.29, 0.717) is 0 Å². The van der Waals surface area contributed by atoms with Crippen LogP contribution in [0.25, 0.3) is 0 Å². The van der Waals surface area contributed by atoms with Crippen LogP contribution in [0.3, 0.4) is 0 Å². The number of rotatable bonds is 23. The zero-order valence-corrected chi connectivity index (χ0v) is 38.2. The van der Waals surface area contributed by atoms with Crippen molar-refractivity contribution in [1.82, 2.24) is 0 Å². The molecule has 6 aromatic rings. The molecule has 2 saturated heterocycles. The summed E-state index contributed by atoms with van der Waals surface area (Å²) in [6.07, 6.45) is -9.40. The third-order valence-electron chi connectivity index (χ3n) is 11.8. The van der Waals surface area contributed by atoms with Crippen molar-refractivity contribution in [2.45, 2.75) is 108 Å². The molecule has 2 fully saturated rings. The van der Waals surface area contributed by atoms with Crippen LogP contribution < -0.4 is 0 Å². The fourth-order valence-corrected chi connectivity index (χ4v) is 8.30. The maximum absolute atomic E-state index is 12.4. The molecule has 1 N–H and O–H groups in total. The van der Waals surface area contributed by atoms with Crippen LogP contribution in [0.1, 0.15) is 40.3 Å². The normalized spacial score (nSPS) is 24.9. The zero-order chi connectivity index (χ0) is 46.8. The summed E-state index contributed by atoms with van der Waals surface area (Å²) in [5.41, 5.74) is 5.58. The highest BCUT2D eigenvalue weighted by Gasteiger charge is 2.52. The van der Waals surface area contributed by atoms with Gasteiger partial charge in [-0.3, -0.25) is 4.79 Å². The summed E-state index contributed by atoms with van der Waals surface area (Å²) in [5.74, 6) is -0.481. The van der Waals surface area contributed by atoms with Crippen LogP contribution in [0, 0.1) is 0 Å². The van der Waals surface area contributed by atoms with Gasteiger partial charge in [-0.1, -0.05) is 182 Å². The lowest BCUT2D eigenvalue weighted by molar-refractivity contribution is -0.348. The van der Waals surface area contributed by atoms with Crippen LogP contribution in [0.2, 0.25) is 0 Å². The molecule has 12 heteroatoms. The van der Waals surface area contributed by atoms with Crippen molar-refractivity contribution >= 4 is 5.97 Å². The molecule has 0 saturated carbocycles. The molecule has 6 aromatic carbocycles. The molecule has 2 heterocycles. The molecule has 0 amide bonds. The highest BCUT2D eigenvalue weighted by atomic mass is 16.7. The number of hydrogen-bond acceptors (Lipinski definition) is 12. The van der Waals surface area contributed by atoms with Gasteiger partial charge in [0.15, 0.2) is 12.6 Å². The van der Waals surface area contributed by atoms with Crippen LogP contribution in [-0.2, 0) is 91.8 Å². The number of hydrogen-bond donors (Lipinski definition) is 1. The largest absolute Gasteiger partial charge is 0.463 e. The summed E-state index contributed by atoms with van der Waals surface area (Å²) >= 11 is 0. The number of aliphatic hydroxyl groups is 1. The van der Waals surface area contributed by atoms with E-state index in [0.717, 1.165) is 33.4 Å². The van der Waals surface area contributed by atoms with Crippen molar-refractivity contribution < 1.29 is 57.3 Å². The second-order valence-corrected chi connectivity index (χ2v) is 16.8. The number of carbonyl (C=O) groups is 1. The Balaban J connectivity index is 1.11. The zero-order valence-electron chi connectivity index (χ0n) is 38.2. The van der Waals surface area contributed by atoms with Crippen LogP contribution in [0.5, 0.6) is 0 Å². The van der Waals surface area contributed by atoms with Crippen molar-refractivity contribution in [1.29, 1.82) is 0 Å². The third-order valence-corrected chi connectivity index (χ3v) is 11.8. The van der Waals surface area contributed by atoms with Gasteiger partial charge < -0.3 is 52.5 Å². The van der Waals surface area contributed by atoms with Gasteiger partial charge in [0.1, 0.15) is 55.4 Å². The van der Waals surface area contributed by atoms with Crippen LogP contribution in [0.4, 0.5) is 0 Å². The Morgan fingerprint density at radius 1 is 0.382 bits per heavy atom. The Morgan fingerprint density at radius 2 is 0.676 bits per heavy atom. The van der Waals surface area contributed by atoms with E-state index in [9.17, 15) is 9.90 Å². The second kappa shape index (κ2) is 25.7. The summed E-state index contributed by atoms with van der Waals surface area (Å²) in [6.45, 7) is 2.30. The van der Waals surface area contributed by atoms with Crippen molar-refractivity contribution in [2.24, 2.45) is 0 Å². The lowest BCUT2D eigenvalue weighted by Gasteiger charge is -2.47. The van der Waals surface area contributed by atoms with Crippen LogP contribution >= 0.6 is 0 Å². The first kappa shape index (κ1) is 48.8. The number of ether oxygens (including phenoxy) is 10. The summed E-state index contributed by atoms with van der Waals surface area (Å²) in [5, 5.41) is 11.9. The van der Waals surface area contributed by atoms with Gasteiger partial charge in [0.05, 0.1) is 46.2 Å². The fourth-order valence-electron chi connectivity index (χ4n) is 8.30. The van der Waals surface area contributed by atoms with Crippen LogP contribution in [0.15, 0.2) is 182 Å². The summed E-state index contributed by atoms with van der Waals surface area (Å²) < 4.78 is 66.0. The molecular weight excluding hydrogens is 865 g/mol. The minimum Gasteiger partial charge on any atom is -0.463 e. The summed E-state index contributed by atoms with van der Waals surface area (Å²) in [7, 11) is 0. The van der Waals surface area contributed by atoms with Gasteiger partial charge in [-0.25, -0.2) is 0 Å². The van der Waals surface area contributed by atoms with Crippen molar-refractivity contribution in [3.05, 3.63) is 215 Å². The van der Waals surface area contributed by atoms with E-state index in [1.54, 1.807) is 0 Å². The lowest BCUT2D eigenvalue weighted by Crippen LogP contribution is -2.63. The fraction of sp³-hybridized carbons (Fsp3) is 0.339. The predicted molar refractivity (Wildman–Crippen MR) is 252 cm³/mol. The van der Waals surface area contributed by atoms with Crippen molar-refractivity contribution in [2.75, 3.05) is 13.2 Å². The topological polar surface area (TPSA) is 130 Å². The van der Waals surface area contributed by atoms with Crippen molar-refractivity contribution in [3.8, 4) is 0 Å². The number of carbonyl (C=O) groups excluding carboxylic acids is 1. The lowest BCUT2D eigenvalue weighted by atomic mass is 9.97. The van der Waals surface area contributed by atoms with E-state index in [2.05, 4.69) is 0 Å². The first-order valence-corrected chi connectivity index (χ1v) is 23.1. The van der Waals surface area contributed by atoms with Crippen LogP contribution in [-0.4, -0.2) is 85.7 Å². The van der Waals surface area contributed by atoms with E-state index in [-0.39, 0.29) is 52.9 Å². The predicted octanol–water partition coefficient (Wildman–Crippen LogP) is 8.52. The summed E-state index contributed by atoms with van der Waals surface area (Å²) in [6, 6.07) is 58.7. The highest BCUT2D eigenvalue weighted by molar-refractivity contribution is 5.65. The van der Waals surface area contributed by atoms with Gasteiger partial charge in [-0.05, 0) is 33.4 Å². The Kier molecular flexibility index (Phi) is 18.4. The maximum Gasteiger partial charge on any atom is 0.302 e. The average molecular weight is 925 g/mol. The van der Waals surface area contributed by atoms with Gasteiger partial charge in [0, 0.05) is 6.92 Å². The minimum absolute atomic E-state index is 0.149. The molecule has 10 atom stereocenters. The van der Waals surface area contributed by atoms with E-state index in [4.69, 9.17) is 47.4 Å². The molecule has 356 valence electrons. The molecular formula is C56H60O12. The number of benzene rings is 6. The van der Waals surface area contributed by atoms with E-state index in [1.807, 2.05) is 182 Å².